The van der Waals surface area contributed by atoms with Crippen molar-refractivity contribution in [3.8, 4) is 0 Å². The van der Waals surface area contributed by atoms with Crippen molar-refractivity contribution in [2.45, 2.75) is 32.9 Å². The molecule has 19 heavy (non-hydrogen) atoms. The maximum atomic E-state index is 11.9. The van der Waals surface area contributed by atoms with Crippen LogP contribution in [0.25, 0.3) is 0 Å². The number of hydrogen-bond acceptors (Lipinski definition) is 2. The zero-order chi connectivity index (χ0) is 14.6. The molecule has 1 aromatic carbocycles. The minimum Gasteiger partial charge on any atom is -0.366 e. The third kappa shape index (κ3) is 5.81. The molecule has 0 spiro atoms. The van der Waals surface area contributed by atoms with E-state index in [0.29, 0.717) is 16.6 Å². The molecule has 106 valence electrons. The van der Waals surface area contributed by atoms with Crippen LogP contribution in [0.2, 0.25) is 10.0 Å². The lowest BCUT2D eigenvalue weighted by atomic mass is 10.2. The van der Waals surface area contributed by atoms with Gasteiger partial charge in [0.05, 0.1) is 5.60 Å². The summed E-state index contributed by atoms with van der Waals surface area (Å²) in [5.74, 6) is -0.0825. The molecule has 0 atom stereocenters. The van der Waals surface area contributed by atoms with Gasteiger partial charge in [0.15, 0.2) is 0 Å². The number of halogens is 2. The van der Waals surface area contributed by atoms with Crippen LogP contribution in [-0.2, 0) is 16.1 Å². The minimum absolute atomic E-state index is 0.0607. The lowest BCUT2D eigenvalue weighted by Crippen LogP contribution is -2.33. The number of carbonyl (C=O) groups is 1. The largest absolute Gasteiger partial charge is 0.366 e. The highest BCUT2D eigenvalue weighted by Gasteiger charge is 2.16. The molecule has 0 aromatic heterocycles. The number of amides is 1. The fraction of sp³-hybridized carbons (Fsp3) is 0.500. The molecule has 5 heteroatoms. The van der Waals surface area contributed by atoms with E-state index in [1.54, 1.807) is 24.1 Å². The molecule has 0 saturated carbocycles. The topological polar surface area (TPSA) is 29.5 Å². The smallest absolute Gasteiger partial charge is 0.248 e. The van der Waals surface area contributed by atoms with E-state index in [4.69, 9.17) is 27.9 Å². The van der Waals surface area contributed by atoms with Crippen molar-refractivity contribution in [2.75, 3.05) is 13.7 Å². The van der Waals surface area contributed by atoms with Crippen LogP contribution in [-0.4, -0.2) is 30.1 Å². The van der Waals surface area contributed by atoms with E-state index in [2.05, 4.69) is 0 Å². The van der Waals surface area contributed by atoms with Gasteiger partial charge in [-0.3, -0.25) is 4.79 Å². The molecule has 1 aromatic rings. The summed E-state index contributed by atoms with van der Waals surface area (Å²) < 4.78 is 5.45. The van der Waals surface area contributed by atoms with Crippen LogP contribution in [0.15, 0.2) is 18.2 Å². The second kappa shape index (κ2) is 6.60. The predicted molar refractivity (Wildman–Crippen MR) is 78.6 cm³/mol. The Morgan fingerprint density at radius 2 is 1.95 bits per heavy atom. The molecular formula is C14H19Cl2NO2. The maximum absolute atomic E-state index is 11.9. The predicted octanol–water partition coefficient (Wildman–Crippen LogP) is 3.77. The van der Waals surface area contributed by atoms with Crippen molar-refractivity contribution < 1.29 is 9.53 Å². The highest BCUT2D eigenvalue weighted by atomic mass is 35.5. The van der Waals surface area contributed by atoms with Crippen LogP contribution in [0.4, 0.5) is 0 Å². The Balaban J connectivity index is 2.59. The van der Waals surface area contributed by atoms with Crippen LogP contribution in [0.5, 0.6) is 0 Å². The number of nitrogens with zero attached hydrogens (tertiary/aromatic N) is 1. The summed E-state index contributed by atoms with van der Waals surface area (Å²) in [5.41, 5.74) is 0.534. The monoisotopic (exact) mass is 303 g/mol. The number of ether oxygens (including phenoxy) is 1. The number of rotatable bonds is 4. The van der Waals surface area contributed by atoms with Gasteiger partial charge in [0.1, 0.15) is 6.61 Å². The SMILES string of the molecule is CN(Cc1ccc(Cl)cc1Cl)C(=O)COC(C)(C)C. The van der Waals surface area contributed by atoms with E-state index in [0.717, 1.165) is 5.56 Å². The molecule has 3 nitrogen and oxygen atoms in total. The van der Waals surface area contributed by atoms with Gasteiger partial charge >= 0.3 is 0 Å². The zero-order valence-electron chi connectivity index (χ0n) is 11.7. The molecule has 0 saturated heterocycles. The summed E-state index contributed by atoms with van der Waals surface area (Å²) in [6, 6.07) is 5.24. The molecule has 0 bridgehead atoms. The summed E-state index contributed by atoms with van der Waals surface area (Å²) in [6.45, 7) is 6.23. The number of benzene rings is 1. The van der Waals surface area contributed by atoms with Crippen molar-refractivity contribution >= 4 is 29.1 Å². The van der Waals surface area contributed by atoms with Crippen molar-refractivity contribution in [2.24, 2.45) is 0 Å². The fourth-order valence-electron chi connectivity index (χ4n) is 1.38. The summed E-state index contributed by atoms with van der Waals surface area (Å²) in [6.07, 6.45) is 0. The Hall–Kier alpha value is -0.770. The van der Waals surface area contributed by atoms with Crippen LogP contribution >= 0.6 is 23.2 Å². The summed E-state index contributed by atoms with van der Waals surface area (Å²) in [4.78, 5) is 13.5. The second-order valence-corrected chi connectivity index (χ2v) is 6.23. The van der Waals surface area contributed by atoms with E-state index in [-0.39, 0.29) is 18.1 Å². The second-order valence-electron chi connectivity index (χ2n) is 5.39. The van der Waals surface area contributed by atoms with Crippen molar-refractivity contribution in [3.63, 3.8) is 0 Å². The first-order chi connectivity index (χ1) is 8.69. The Labute approximate surface area is 124 Å². The van der Waals surface area contributed by atoms with Crippen molar-refractivity contribution in [3.05, 3.63) is 33.8 Å². The lowest BCUT2D eigenvalue weighted by Gasteiger charge is -2.23. The molecule has 0 N–H and O–H groups in total. The van der Waals surface area contributed by atoms with Crippen molar-refractivity contribution in [1.82, 2.24) is 4.90 Å². The van der Waals surface area contributed by atoms with Crippen LogP contribution in [0.3, 0.4) is 0 Å². The molecule has 1 rings (SSSR count). The van der Waals surface area contributed by atoms with Gasteiger partial charge in [-0.1, -0.05) is 29.3 Å². The Morgan fingerprint density at radius 3 is 2.47 bits per heavy atom. The molecule has 0 aliphatic heterocycles. The standard InChI is InChI=1S/C14H19Cl2NO2/c1-14(2,3)19-9-13(18)17(4)8-10-5-6-11(15)7-12(10)16/h5-7H,8-9H2,1-4H3. The third-order valence-corrected chi connectivity index (χ3v) is 3.06. The van der Waals surface area contributed by atoms with Gasteiger partial charge in [-0.2, -0.15) is 0 Å². The summed E-state index contributed by atoms with van der Waals surface area (Å²) in [7, 11) is 1.72. The Bertz CT molecular complexity index is 455. The van der Waals surface area contributed by atoms with E-state index in [1.165, 1.54) is 0 Å². The lowest BCUT2D eigenvalue weighted by molar-refractivity contribution is -0.140. The third-order valence-electron chi connectivity index (χ3n) is 2.48. The number of carbonyl (C=O) groups excluding carboxylic acids is 1. The van der Waals surface area contributed by atoms with E-state index < -0.39 is 0 Å². The number of likely N-dealkylation sites (N-methyl/N-ethyl adjacent to an activating group) is 1. The Kier molecular flexibility index (Phi) is 5.65. The van der Waals surface area contributed by atoms with Gasteiger partial charge in [0.25, 0.3) is 0 Å². The molecule has 1 amide bonds. The van der Waals surface area contributed by atoms with E-state index >= 15 is 0 Å². The quantitative estimate of drug-likeness (QED) is 0.847. The first kappa shape index (κ1) is 16.3. The van der Waals surface area contributed by atoms with E-state index in [9.17, 15) is 4.79 Å². The Morgan fingerprint density at radius 1 is 1.32 bits per heavy atom. The fourth-order valence-corrected chi connectivity index (χ4v) is 1.85. The molecule has 0 unspecified atom stereocenters. The van der Waals surface area contributed by atoms with Gasteiger partial charge in [0.2, 0.25) is 5.91 Å². The van der Waals surface area contributed by atoms with Crippen LogP contribution < -0.4 is 0 Å². The molecule has 0 fully saturated rings. The van der Waals surface area contributed by atoms with E-state index in [1.807, 2.05) is 26.8 Å². The first-order valence-corrected chi connectivity index (χ1v) is 6.76. The van der Waals surface area contributed by atoms with Gasteiger partial charge in [-0.25, -0.2) is 0 Å². The van der Waals surface area contributed by atoms with Crippen LogP contribution in [0.1, 0.15) is 26.3 Å². The highest BCUT2D eigenvalue weighted by Crippen LogP contribution is 2.22. The molecule has 0 aliphatic rings. The van der Waals surface area contributed by atoms with Crippen molar-refractivity contribution in [1.29, 1.82) is 0 Å². The van der Waals surface area contributed by atoms with Gasteiger partial charge in [-0.05, 0) is 38.5 Å². The summed E-state index contributed by atoms with van der Waals surface area (Å²) >= 11 is 11.9. The molecule has 0 aliphatic carbocycles. The minimum atomic E-state index is -0.325. The number of hydrogen-bond donors (Lipinski definition) is 0. The average molecular weight is 304 g/mol. The average Bonchev–Trinajstić information content (AvgIpc) is 2.28. The summed E-state index contributed by atoms with van der Waals surface area (Å²) in [5, 5.41) is 1.14. The molecular weight excluding hydrogens is 285 g/mol. The van der Waals surface area contributed by atoms with Gasteiger partial charge < -0.3 is 9.64 Å². The first-order valence-electron chi connectivity index (χ1n) is 6.01. The zero-order valence-corrected chi connectivity index (χ0v) is 13.2. The molecule has 0 radical (unpaired) electrons. The molecule has 0 heterocycles. The maximum Gasteiger partial charge on any atom is 0.248 e. The normalized spacial score (nSPS) is 11.5. The van der Waals surface area contributed by atoms with Crippen LogP contribution in [0, 0.1) is 0 Å². The van der Waals surface area contributed by atoms with Gasteiger partial charge in [-0.15, -0.1) is 0 Å². The highest BCUT2D eigenvalue weighted by molar-refractivity contribution is 6.35. The van der Waals surface area contributed by atoms with Gasteiger partial charge in [0, 0.05) is 23.6 Å².